The lowest BCUT2D eigenvalue weighted by Gasteiger charge is -2.46. The summed E-state index contributed by atoms with van der Waals surface area (Å²) in [6.45, 7) is 0. The zero-order valence-electron chi connectivity index (χ0n) is 16.7. The first-order valence-electron chi connectivity index (χ1n) is 10.2. The maximum atomic E-state index is 13.5. The van der Waals surface area contributed by atoms with Gasteiger partial charge in [0.1, 0.15) is 5.76 Å². The van der Waals surface area contributed by atoms with E-state index in [9.17, 15) is 4.79 Å². The topological polar surface area (TPSA) is 29.5 Å². The van der Waals surface area contributed by atoms with Crippen LogP contribution in [0.25, 0.3) is 5.76 Å². The minimum atomic E-state index is -1.34. The van der Waals surface area contributed by atoms with E-state index in [1.54, 1.807) is 0 Å². The third-order valence-electron chi connectivity index (χ3n) is 6.16. The molecular weight excluding hydrogens is 394 g/mol. The van der Waals surface area contributed by atoms with Gasteiger partial charge in [0.15, 0.2) is 4.87 Å². The molecule has 1 aliphatic heterocycles. The van der Waals surface area contributed by atoms with Crippen molar-refractivity contribution in [1.82, 2.24) is 0 Å². The van der Waals surface area contributed by atoms with Crippen LogP contribution in [-0.2, 0) is 20.8 Å². The number of anilines is 1. The third kappa shape index (κ3) is 2.85. The van der Waals surface area contributed by atoms with Crippen LogP contribution in [0.5, 0.6) is 0 Å². The third-order valence-corrected chi connectivity index (χ3v) is 6.74. The van der Waals surface area contributed by atoms with E-state index in [-0.39, 0.29) is 6.04 Å². The van der Waals surface area contributed by atoms with E-state index in [0.29, 0.717) is 5.76 Å². The quantitative estimate of drug-likeness (QED) is 0.415. The van der Waals surface area contributed by atoms with Gasteiger partial charge in [0.2, 0.25) is 0 Å². The minimum Gasteiger partial charge on any atom is -0.424 e. The number of esters is 1. The van der Waals surface area contributed by atoms with Gasteiger partial charge in [-0.05, 0) is 41.7 Å². The first-order chi connectivity index (χ1) is 14.6. The Morgan fingerprint density at radius 2 is 1.53 bits per heavy atom. The molecule has 0 bridgehead atoms. The summed E-state index contributed by atoms with van der Waals surface area (Å²) in [5.74, 6) is 0.237. The Balaban J connectivity index is 1.74. The highest BCUT2D eigenvalue weighted by Gasteiger charge is 2.55. The van der Waals surface area contributed by atoms with E-state index in [1.165, 1.54) is 5.56 Å². The standard InChI is InChI=1S/C26H22ClNO2/c1-28(20-13-6-3-7-14-20)24-22-17-16-18-10-8-9-15-21(18)23(22)30-25(29)26(24,27)19-11-4-2-5-12-19/h2-15,24H,16-17H2,1H3. The van der Waals surface area contributed by atoms with E-state index in [4.69, 9.17) is 16.3 Å². The fourth-order valence-corrected chi connectivity index (χ4v) is 5.13. The number of carbonyl (C=O) groups excluding carboxylic acids is 1. The number of benzene rings is 3. The zero-order chi connectivity index (χ0) is 20.7. The summed E-state index contributed by atoms with van der Waals surface area (Å²) in [6.07, 6.45) is 1.69. The van der Waals surface area contributed by atoms with E-state index in [0.717, 1.165) is 35.2 Å². The largest absolute Gasteiger partial charge is 0.424 e. The van der Waals surface area contributed by atoms with Crippen molar-refractivity contribution in [3.05, 3.63) is 107 Å². The highest BCUT2D eigenvalue weighted by Crippen LogP contribution is 2.50. The van der Waals surface area contributed by atoms with Crippen molar-refractivity contribution in [3.8, 4) is 0 Å². The number of nitrogens with zero attached hydrogens (tertiary/aromatic N) is 1. The molecule has 4 heteroatoms. The first kappa shape index (κ1) is 19.0. The molecule has 2 aliphatic rings. The van der Waals surface area contributed by atoms with E-state index in [1.807, 2.05) is 85.9 Å². The Morgan fingerprint density at radius 3 is 2.27 bits per heavy atom. The number of ether oxygens (including phenoxy) is 1. The van der Waals surface area contributed by atoms with Crippen LogP contribution in [0.1, 0.15) is 23.1 Å². The summed E-state index contributed by atoms with van der Waals surface area (Å²) in [5, 5.41) is 0. The van der Waals surface area contributed by atoms with Crippen molar-refractivity contribution < 1.29 is 9.53 Å². The van der Waals surface area contributed by atoms with Gasteiger partial charge in [0.25, 0.3) is 0 Å². The Kier molecular flexibility index (Phi) is 4.63. The number of aryl methyl sites for hydroxylation is 1. The van der Waals surface area contributed by atoms with Gasteiger partial charge in [-0.1, -0.05) is 84.4 Å². The predicted molar refractivity (Wildman–Crippen MR) is 120 cm³/mol. The Morgan fingerprint density at radius 1 is 0.900 bits per heavy atom. The van der Waals surface area contributed by atoms with Crippen LogP contribution < -0.4 is 4.90 Å². The van der Waals surface area contributed by atoms with Crippen molar-refractivity contribution in [3.63, 3.8) is 0 Å². The molecule has 5 rings (SSSR count). The number of rotatable bonds is 3. The normalized spacial score (nSPS) is 22.7. The van der Waals surface area contributed by atoms with Crippen LogP contribution in [-0.4, -0.2) is 19.1 Å². The molecule has 1 aliphatic carbocycles. The van der Waals surface area contributed by atoms with Gasteiger partial charge in [-0.25, -0.2) is 4.79 Å². The predicted octanol–water partition coefficient (Wildman–Crippen LogP) is 5.54. The van der Waals surface area contributed by atoms with Crippen LogP contribution >= 0.6 is 11.6 Å². The molecule has 0 N–H and O–H groups in total. The number of halogens is 1. The number of carbonyl (C=O) groups is 1. The Bertz CT molecular complexity index is 1130. The molecule has 0 fully saturated rings. The highest BCUT2D eigenvalue weighted by molar-refractivity contribution is 6.36. The lowest BCUT2D eigenvalue weighted by atomic mass is 9.77. The fraction of sp³-hybridized carbons (Fsp3) is 0.192. The van der Waals surface area contributed by atoms with Crippen LogP contribution in [0.4, 0.5) is 5.69 Å². The van der Waals surface area contributed by atoms with E-state index >= 15 is 0 Å². The summed E-state index contributed by atoms with van der Waals surface area (Å²) in [7, 11) is 2.00. The maximum absolute atomic E-state index is 13.5. The SMILES string of the molecule is CN(c1ccccc1)C1C2=C(OC(=O)C1(Cl)c1ccccc1)c1ccccc1CC2. The lowest BCUT2D eigenvalue weighted by Crippen LogP contribution is -2.55. The summed E-state index contributed by atoms with van der Waals surface area (Å²) in [5.41, 5.74) is 5.01. The van der Waals surface area contributed by atoms with E-state index < -0.39 is 10.8 Å². The molecule has 0 radical (unpaired) electrons. The van der Waals surface area contributed by atoms with Gasteiger partial charge in [-0.2, -0.15) is 0 Å². The van der Waals surface area contributed by atoms with Gasteiger partial charge in [-0.3, -0.25) is 0 Å². The lowest BCUT2D eigenvalue weighted by molar-refractivity contribution is -0.141. The van der Waals surface area contributed by atoms with Crippen LogP contribution in [0.15, 0.2) is 90.5 Å². The fourth-order valence-electron chi connectivity index (χ4n) is 4.68. The molecule has 0 spiro atoms. The second kappa shape index (κ2) is 7.33. The molecular formula is C26H22ClNO2. The van der Waals surface area contributed by atoms with Gasteiger partial charge in [0.05, 0.1) is 6.04 Å². The highest BCUT2D eigenvalue weighted by atomic mass is 35.5. The van der Waals surface area contributed by atoms with Crippen molar-refractivity contribution in [2.75, 3.05) is 11.9 Å². The second-order valence-electron chi connectivity index (χ2n) is 7.83. The van der Waals surface area contributed by atoms with Gasteiger partial charge < -0.3 is 9.64 Å². The van der Waals surface area contributed by atoms with Crippen molar-refractivity contribution in [2.24, 2.45) is 0 Å². The molecule has 3 aromatic carbocycles. The monoisotopic (exact) mass is 415 g/mol. The number of fused-ring (bicyclic) bond motifs is 2. The number of para-hydroxylation sites is 1. The number of hydrogen-bond donors (Lipinski definition) is 0. The number of hydrogen-bond acceptors (Lipinski definition) is 3. The van der Waals surface area contributed by atoms with Crippen molar-refractivity contribution in [2.45, 2.75) is 23.8 Å². The van der Waals surface area contributed by atoms with Gasteiger partial charge in [-0.15, -0.1) is 0 Å². The molecule has 0 saturated carbocycles. The average Bonchev–Trinajstić information content (AvgIpc) is 2.80. The molecule has 0 aromatic heterocycles. The van der Waals surface area contributed by atoms with Crippen LogP contribution in [0.2, 0.25) is 0 Å². The molecule has 30 heavy (non-hydrogen) atoms. The Hall–Kier alpha value is -3.04. The van der Waals surface area contributed by atoms with Crippen LogP contribution in [0, 0.1) is 0 Å². The zero-order valence-corrected chi connectivity index (χ0v) is 17.5. The van der Waals surface area contributed by atoms with Crippen molar-refractivity contribution in [1.29, 1.82) is 0 Å². The number of likely N-dealkylation sites (N-methyl/N-ethyl adjacent to an activating group) is 1. The smallest absolute Gasteiger partial charge is 0.339 e. The molecule has 0 saturated heterocycles. The molecule has 1 heterocycles. The molecule has 0 amide bonds. The average molecular weight is 416 g/mol. The summed E-state index contributed by atoms with van der Waals surface area (Å²) < 4.78 is 5.99. The first-order valence-corrected chi connectivity index (χ1v) is 10.5. The maximum Gasteiger partial charge on any atom is 0.339 e. The van der Waals surface area contributed by atoms with Crippen molar-refractivity contribution >= 4 is 29.0 Å². The number of alkyl halides is 1. The summed E-state index contributed by atoms with van der Waals surface area (Å²) >= 11 is 7.26. The summed E-state index contributed by atoms with van der Waals surface area (Å²) in [4.78, 5) is 14.3. The van der Waals surface area contributed by atoms with Gasteiger partial charge >= 0.3 is 5.97 Å². The second-order valence-corrected chi connectivity index (χ2v) is 8.42. The van der Waals surface area contributed by atoms with Gasteiger partial charge in [0, 0.05) is 18.3 Å². The molecule has 2 unspecified atom stereocenters. The minimum absolute atomic E-state index is 0.367. The summed E-state index contributed by atoms with van der Waals surface area (Å²) in [6, 6.07) is 27.4. The molecule has 150 valence electrons. The Labute approximate surface area is 181 Å². The van der Waals surface area contributed by atoms with E-state index in [2.05, 4.69) is 11.0 Å². The molecule has 3 nitrogen and oxygen atoms in total. The molecule has 3 aromatic rings. The van der Waals surface area contributed by atoms with Crippen LogP contribution in [0.3, 0.4) is 0 Å². The molecule has 2 atom stereocenters.